The van der Waals surface area contributed by atoms with E-state index in [1.54, 1.807) is 6.20 Å². The van der Waals surface area contributed by atoms with E-state index in [0.29, 0.717) is 5.52 Å². The number of benzene rings is 1. The highest BCUT2D eigenvalue weighted by Crippen LogP contribution is 2.21. The number of hydrogen-bond acceptors (Lipinski definition) is 4. The van der Waals surface area contributed by atoms with Gasteiger partial charge in [0.25, 0.3) is 0 Å². The lowest BCUT2D eigenvalue weighted by Crippen LogP contribution is -2.15. The van der Waals surface area contributed by atoms with Crippen LogP contribution >= 0.6 is 0 Å². The van der Waals surface area contributed by atoms with Crippen molar-refractivity contribution in [2.45, 2.75) is 6.92 Å². The van der Waals surface area contributed by atoms with Crippen LogP contribution in [-0.2, 0) is 4.79 Å². The fourth-order valence-corrected chi connectivity index (χ4v) is 1.82. The van der Waals surface area contributed by atoms with Gasteiger partial charge in [0.15, 0.2) is 0 Å². The SMILES string of the molecule is CC(=O)On1cnc2cnc3ccccc3c21. The average Bonchev–Trinajstić information content (AvgIpc) is 2.72. The van der Waals surface area contributed by atoms with Gasteiger partial charge in [-0.15, -0.1) is 0 Å². The zero-order valence-corrected chi connectivity index (χ0v) is 9.12. The molecule has 0 amide bonds. The van der Waals surface area contributed by atoms with Crippen LogP contribution in [0.15, 0.2) is 36.8 Å². The fraction of sp³-hybridized carbons (Fsp3) is 0.0833. The Morgan fingerprint density at radius 2 is 2.06 bits per heavy atom. The van der Waals surface area contributed by atoms with Crippen molar-refractivity contribution in [2.24, 2.45) is 0 Å². The van der Waals surface area contributed by atoms with Crippen molar-refractivity contribution in [3.05, 3.63) is 36.8 Å². The Bertz CT molecular complexity index is 718. The molecule has 1 aromatic carbocycles. The Labute approximate surface area is 96.6 Å². The minimum Gasteiger partial charge on any atom is -0.335 e. The molecule has 17 heavy (non-hydrogen) atoms. The first-order valence-electron chi connectivity index (χ1n) is 5.15. The van der Waals surface area contributed by atoms with Crippen molar-refractivity contribution >= 4 is 27.9 Å². The van der Waals surface area contributed by atoms with E-state index in [-0.39, 0.29) is 5.97 Å². The Morgan fingerprint density at radius 1 is 1.24 bits per heavy atom. The minimum atomic E-state index is -0.384. The van der Waals surface area contributed by atoms with Gasteiger partial charge in [-0.25, -0.2) is 9.78 Å². The summed E-state index contributed by atoms with van der Waals surface area (Å²) in [7, 11) is 0. The second kappa shape index (κ2) is 3.55. The normalized spacial score (nSPS) is 10.9. The highest BCUT2D eigenvalue weighted by molar-refractivity contribution is 6.01. The van der Waals surface area contributed by atoms with E-state index in [1.165, 1.54) is 18.0 Å². The van der Waals surface area contributed by atoms with E-state index in [2.05, 4.69) is 9.97 Å². The van der Waals surface area contributed by atoms with Gasteiger partial charge in [-0.3, -0.25) is 4.98 Å². The lowest BCUT2D eigenvalue weighted by atomic mass is 10.2. The number of carbonyl (C=O) groups is 1. The predicted octanol–water partition coefficient (Wildman–Crippen LogP) is 1.56. The number of hydrogen-bond donors (Lipinski definition) is 0. The molecule has 0 aliphatic carbocycles. The van der Waals surface area contributed by atoms with Crippen LogP contribution in [0, 0.1) is 0 Å². The van der Waals surface area contributed by atoms with Crippen molar-refractivity contribution in [3.8, 4) is 0 Å². The number of rotatable bonds is 1. The quantitative estimate of drug-likeness (QED) is 0.633. The maximum Gasteiger partial charge on any atom is 0.329 e. The lowest BCUT2D eigenvalue weighted by molar-refractivity contribution is -0.140. The van der Waals surface area contributed by atoms with Gasteiger partial charge in [0, 0.05) is 12.3 Å². The standard InChI is InChI=1S/C12H9N3O2/c1-8(16)17-15-7-14-11-6-13-10-5-3-2-4-9(10)12(11)15/h2-7H,1H3. The van der Waals surface area contributed by atoms with Crippen LogP contribution in [-0.4, -0.2) is 20.7 Å². The largest absolute Gasteiger partial charge is 0.335 e. The van der Waals surface area contributed by atoms with Gasteiger partial charge in [-0.1, -0.05) is 18.2 Å². The summed E-state index contributed by atoms with van der Waals surface area (Å²) in [6, 6.07) is 7.65. The highest BCUT2D eigenvalue weighted by Gasteiger charge is 2.09. The number of carbonyl (C=O) groups excluding carboxylic acids is 1. The first-order chi connectivity index (χ1) is 8.25. The van der Waals surface area contributed by atoms with E-state index in [4.69, 9.17) is 4.84 Å². The number of fused-ring (bicyclic) bond motifs is 3. The van der Waals surface area contributed by atoms with Gasteiger partial charge in [-0.2, -0.15) is 4.73 Å². The third-order valence-electron chi connectivity index (χ3n) is 2.48. The van der Waals surface area contributed by atoms with E-state index in [9.17, 15) is 4.79 Å². The summed E-state index contributed by atoms with van der Waals surface area (Å²) in [4.78, 5) is 24.5. The van der Waals surface area contributed by atoms with Crippen molar-refractivity contribution in [1.82, 2.24) is 14.7 Å². The number of imidazole rings is 1. The van der Waals surface area contributed by atoms with Crippen molar-refractivity contribution in [1.29, 1.82) is 0 Å². The van der Waals surface area contributed by atoms with E-state index >= 15 is 0 Å². The summed E-state index contributed by atoms with van der Waals surface area (Å²) in [5, 5.41) is 0.906. The van der Waals surface area contributed by atoms with E-state index in [1.807, 2.05) is 24.3 Å². The first-order valence-corrected chi connectivity index (χ1v) is 5.15. The van der Waals surface area contributed by atoms with Gasteiger partial charge in [0.1, 0.15) is 17.4 Å². The molecule has 2 heterocycles. The van der Waals surface area contributed by atoms with Crippen LogP contribution in [0.1, 0.15) is 6.92 Å². The molecule has 0 spiro atoms. The van der Waals surface area contributed by atoms with Gasteiger partial charge < -0.3 is 4.84 Å². The van der Waals surface area contributed by atoms with Crippen molar-refractivity contribution in [3.63, 3.8) is 0 Å². The van der Waals surface area contributed by atoms with Crippen molar-refractivity contribution < 1.29 is 9.63 Å². The van der Waals surface area contributed by atoms with Crippen LogP contribution in [0.25, 0.3) is 21.9 Å². The number of para-hydroxylation sites is 1. The summed E-state index contributed by atoms with van der Waals surface area (Å²) in [5.74, 6) is -0.384. The molecule has 0 radical (unpaired) electrons. The first kappa shape index (κ1) is 9.77. The Kier molecular flexibility index (Phi) is 2.04. The average molecular weight is 227 g/mol. The molecular formula is C12H9N3O2. The Hall–Kier alpha value is -2.43. The van der Waals surface area contributed by atoms with Crippen molar-refractivity contribution in [2.75, 3.05) is 0 Å². The topological polar surface area (TPSA) is 57.0 Å². The zero-order valence-electron chi connectivity index (χ0n) is 9.12. The molecule has 2 aromatic heterocycles. The van der Waals surface area contributed by atoms with Gasteiger partial charge in [0.2, 0.25) is 0 Å². The Morgan fingerprint density at radius 3 is 2.88 bits per heavy atom. The molecule has 0 atom stereocenters. The van der Waals surface area contributed by atoms with Gasteiger partial charge in [0.05, 0.1) is 11.7 Å². The molecular weight excluding hydrogens is 218 g/mol. The highest BCUT2D eigenvalue weighted by atomic mass is 16.7. The number of pyridine rings is 1. The molecule has 3 rings (SSSR count). The van der Waals surface area contributed by atoms with Gasteiger partial charge in [-0.05, 0) is 6.07 Å². The maximum atomic E-state index is 11.0. The minimum absolute atomic E-state index is 0.384. The van der Waals surface area contributed by atoms with Crippen LogP contribution in [0.5, 0.6) is 0 Å². The third-order valence-corrected chi connectivity index (χ3v) is 2.48. The zero-order chi connectivity index (χ0) is 11.8. The molecule has 0 saturated heterocycles. The van der Waals surface area contributed by atoms with Crippen LogP contribution in [0.3, 0.4) is 0 Å². The van der Waals surface area contributed by atoms with Gasteiger partial charge >= 0.3 is 5.97 Å². The van der Waals surface area contributed by atoms with E-state index in [0.717, 1.165) is 16.4 Å². The summed E-state index contributed by atoms with van der Waals surface area (Å²) in [6.45, 7) is 1.36. The maximum absolute atomic E-state index is 11.0. The summed E-state index contributed by atoms with van der Waals surface area (Å²) in [5.41, 5.74) is 2.30. The van der Waals surface area contributed by atoms with Crippen LogP contribution < -0.4 is 4.84 Å². The molecule has 0 aliphatic rings. The summed E-state index contributed by atoms with van der Waals surface area (Å²) >= 11 is 0. The molecule has 0 N–H and O–H groups in total. The molecule has 5 nitrogen and oxygen atoms in total. The predicted molar refractivity (Wildman–Crippen MR) is 62.3 cm³/mol. The molecule has 5 heteroatoms. The molecule has 0 saturated carbocycles. The molecule has 84 valence electrons. The second-order valence-electron chi connectivity index (χ2n) is 3.66. The molecule has 0 aliphatic heterocycles. The molecule has 0 fully saturated rings. The summed E-state index contributed by atoms with van der Waals surface area (Å²) < 4.78 is 1.38. The second-order valence-corrected chi connectivity index (χ2v) is 3.66. The smallest absolute Gasteiger partial charge is 0.329 e. The third kappa shape index (κ3) is 1.52. The number of aromatic nitrogens is 3. The fourth-order valence-electron chi connectivity index (χ4n) is 1.82. The van der Waals surface area contributed by atoms with E-state index < -0.39 is 0 Å². The number of nitrogens with zero attached hydrogens (tertiary/aromatic N) is 3. The summed E-state index contributed by atoms with van der Waals surface area (Å²) in [6.07, 6.45) is 3.14. The van der Waals surface area contributed by atoms with Crippen LogP contribution in [0.2, 0.25) is 0 Å². The molecule has 0 unspecified atom stereocenters. The molecule has 0 bridgehead atoms. The molecule has 3 aromatic rings. The van der Waals surface area contributed by atoms with Crippen LogP contribution in [0.4, 0.5) is 0 Å². The Balaban J connectivity index is 2.38. The lowest BCUT2D eigenvalue weighted by Gasteiger charge is -2.04. The monoisotopic (exact) mass is 227 g/mol.